The van der Waals surface area contributed by atoms with Crippen molar-refractivity contribution >= 4 is 27.4 Å². The fraction of sp³-hybridized carbons (Fsp3) is 0.600. The normalized spacial score (nSPS) is 15.2. The van der Waals surface area contributed by atoms with Gasteiger partial charge in [0.2, 0.25) is 0 Å². The molecule has 0 aliphatic heterocycles. The molecule has 2 heterocycles. The summed E-state index contributed by atoms with van der Waals surface area (Å²) in [4.78, 5) is 12.9. The van der Waals surface area contributed by atoms with E-state index in [0.717, 1.165) is 47.3 Å². The van der Waals surface area contributed by atoms with Crippen molar-refractivity contribution in [3.63, 3.8) is 0 Å². The quantitative estimate of drug-likeness (QED) is 0.849. The molecular weight excluding hydrogens is 268 g/mol. The molecule has 1 saturated carbocycles. The van der Waals surface area contributed by atoms with Crippen molar-refractivity contribution < 1.29 is 0 Å². The van der Waals surface area contributed by atoms with Gasteiger partial charge in [0.25, 0.3) is 0 Å². The van der Waals surface area contributed by atoms with E-state index in [1.807, 2.05) is 0 Å². The highest BCUT2D eigenvalue weighted by Crippen LogP contribution is 2.30. The van der Waals surface area contributed by atoms with Crippen molar-refractivity contribution in [1.82, 2.24) is 14.9 Å². The fourth-order valence-corrected chi connectivity index (χ4v) is 3.18. The number of nitrogens with one attached hydrogen (secondary N) is 1. The topological polar surface area (TPSA) is 41.1 Å². The maximum absolute atomic E-state index is 4.72. The second-order valence-corrected chi connectivity index (χ2v) is 6.59. The molecule has 4 nitrogen and oxygen atoms in total. The lowest BCUT2D eigenvalue weighted by Gasteiger charge is -2.16. The molecule has 0 bridgehead atoms. The Balaban J connectivity index is 1.78. The third-order valence-electron chi connectivity index (χ3n) is 3.59. The van der Waals surface area contributed by atoms with Crippen molar-refractivity contribution in [3.05, 3.63) is 17.3 Å². The van der Waals surface area contributed by atoms with Crippen LogP contribution < -0.4 is 5.32 Å². The summed E-state index contributed by atoms with van der Waals surface area (Å²) < 4.78 is 0. The van der Waals surface area contributed by atoms with Gasteiger partial charge in [-0.3, -0.25) is 4.90 Å². The predicted octanol–water partition coefficient (Wildman–Crippen LogP) is 3.36. The lowest BCUT2D eigenvalue weighted by atomic mass is 10.3. The van der Waals surface area contributed by atoms with E-state index >= 15 is 0 Å². The van der Waals surface area contributed by atoms with Gasteiger partial charge in [0.15, 0.2) is 0 Å². The highest BCUT2D eigenvalue weighted by atomic mass is 32.1. The molecule has 0 saturated heterocycles. The van der Waals surface area contributed by atoms with Crippen LogP contribution in [0.1, 0.15) is 32.0 Å². The Morgan fingerprint density at radius 3 is 3.00 bits per heavy atom. The number of rotatable bonds is 7. The number of thiophene rings is 1. The zero-order valence-corrected chi connectivity index (χ0v) is 13.0. The molecule has 0 aromatic carbocycles. The molecule has 5 heteroatoms. The summed E-state index contributed by atoms with van der Waals surface area (Å²) in [6.45, 7) is 5.14. The van der Waals surface area contributed by atoms with Crippen LogP contribution in [0.3, 0.4) is 0 Å². The van der Waals surface area contributed by atoms with Crippen molar-refractivity contribution in [3.8, 4) is 0 Å². The molecule has 1 aliphatic rings. The van der Waals surface area contributed by atoms with Crippen LogP contribution in [0, 0.1) is 5.92 Å². The first-order valence-corrected chi connectivity index (χ1v) is 8.30. The first-order chi connectivity index (χ1) is 9.76. The lowest BCUT2D eigenvalue weighted by molar-refractivity contribution is 0.306. The minimum absolute atomic E-state index is 0.838. The van der Waals surface area contributed by atoms with E-state index in [0.29, 0.717) is 0 Å². The summed E-state index contributed by atoms with van der Waals surface area (Å²) in [7, 11) is 2.17. The summed E-state index contributed by atoms with van der Waals surface area (Å²) in [6.07, 6.45) is 3.88. The van der Waals surface area contributed by atoms with Crippen LogP contribution in [0.15, 0.2) is 11.4 Å². The summed E-state index contributed by atoms with van der Waals surface area (Å²) in [5, 5.41) is 6.67. The number of hydrogen-bond donors (Lipinski definition) is 1. The van der Waals surface area contributed by atoms with Gasteiger partial charge in [-0.15, -0.1) is 11.3 Å². The van der Waals surface area contributed by atoms with Gasteiger partial charge in [0, 0.05) is 13.1 Å². The molecule has 108 valence electrons. The molecule has 1 N–H and O–H groups in total. The third kappa shape index (κ3) is 3.27. The van der Waals surface area contributed by atoms with Crippen molar-refractivity contribution in [1.29, 1.82) is 0 Å². The Morgan fingerprint density at radius 2 is 2.25 bits per heavy atom. The van der Waals surface area contributed by atoms with Gasteiger partial charge in [0.1, 0.15) is 16.5 Å². The van der Waals surface area contributed by atoms with Gasteiger partial charge >= 0.3 is 0 Å². The fourth-order valence-electron chi connectivity index (χ4n) is 2.40. The SMILES string of the molecule is CCCNc1nc(CN(C)CC2CC2)nc2sccc12. The predicted molar refractivity (Wildman–Crippen MR) is 85.3 cm³/mol. The zero-order chi connectivity index (χ0) is 13.9. The average molecular weight is 290 g/mol. The minimum atomic E-state index is 0.838. The number of fused-ring (bicyclic) bond motifs is 1. The van der Waals surface area contributed by atoms with Crippen LogP contribution in [0.5, 0.6) is 0 Å². The van der Waals surface area contributed by atoms with Gasteiger partial charge in [0.05, 0.1) is 11.9 Å². The summed E-state index contributed by atoms with van der Waals surface area (Å²) in [5.41, 5.74) is 0. The Bertz CT molecular complexity index is 576. The molecule has 0 amide bonds. The lowest BCUT2D eigenvalue weighted by Crippen LogP contribution is -2.22. The molecule has 3 rings (SSSR count). The van der Waals surface area contributed by atoms with Gasteiger partial charge in [-0.05, 0) is 43.7 Å². The molecule has 20 heavy (non-hydrogen) atoms. The number of nitrogens with zero attached hydrogens (tertiary/aromatic N) is 3. The van der Waals surface area contributed by atoms with Gasteiger partial charge < -0.3 is 5.32 Å². The van der Waals surface area contributed by atoms with Gasteiger partial charge in [-0.1, -0.05) is 6.92 Å². The van der Waals surface area contributed by atoms with Crippen molar-refractivity contribution in [2.75, 3.05) is 25.5 Å². The van der Waals surface area contributed by atoms with E-state index in [2.05, 4.69) is 35.6 Å². The van der Waals surface area contributed by atoms with Gasteiger partial charge in [-0.2, -0.15) is 0 Å². The first kappa shape index (κ1) is 13.8. The number of aromatic nitrogens is 2. The number of hydrogen-bond acceptors (Lipinski definition) is 5. The molecule has 0 spiro atoms. The molecule has 2 aromatic rings. The maximum atomic E-state index is 4.72. The molecule has 0 atom stereocenters. The second-order valence-electron chi connectivity index (χ2n) is 5.69. The van der Waals surface area contributed by atoms with E-state index in [1.165, 1.54) is 19.4 Å². The average Bonchev–Trinajstić information content (AvgIpc) is 3.10. The molecule has 1 aliphatic carbocycles. The van der Waals surface area contributed by atoms with Crippen LogP contribution in [0.25, 0.3) is 10.2 Å². The highest BCUT2D eigenvalue weighted by molar-refractivity contribution is 7.16. The van der Waals surface area contributed by atoms with Crippen LogP contribution in [0.4, 0.5) is 5.82 Å². The molecule has 0 unspecified atom stereocenters. The standard InChI is InChI=1S/C15H22N4S/c1-3-7-16-14-12-6-8-20-15(12)18-13(17-14)10-19(2)9-11-4-5-11/h6,8,11H,3-5,7,9-10H2,1-2H3,(H,16,17,18). The van der Waals surface area contributed by atoms with E-state index in [-0.39, 0.29) is 0 Å². The van der Waals surface area contributed by atoms with E-state index in [1.54, 1.807) is 11.3 Å². The van der Waals surface area contributed by atoms with Gasteiger partial charge in [-0.25, -0.2) is 9.97 Å². The molecule has 1 fully saturated rings. The number of anilines is 1. The molecule has 0 radical (unpaired) electrons. The summed E-state index contributed by atoms with van der Waals surface area (Å²) in [6, 6.07) is 2.11. The van der Waals surface area contributed by atoms with E-state index in [9.17, 15) is 0 Å². The summed E-state index contributed by atoms with van der Waals surface area (Å²) >= 11 is 1.69. The van der Waals surface area contributed by atoms with E-state index < -0.39 is 0 Å². The maximum Gasteiger partial charge on any atom is 0.146 e. The Morgan fingerprint density at radius 1 is 1.40 bits per heavy atom. The molecular formula is C15H22N4S. The van der Waals surface area contributed by atoms with Crippen molar-refractivity contribution in [2.45, 2.75) is 32.7 Å². The van der Waals surface area contributed by atoms with E-state index in [4.69, 9.17) is 9.97 Å². The smallest absolute Gasteiger partial charge is 0.146 e. The summed E-state index contributed by atoms with van der Waals surface area (Å²) in [5.74, 6) is 2.83. The molecule has 2 aromatic heterocycles. The third-order valence-corrected chi connectivity index (χ3v) is 4.40. The van der Waals surface area contributed by atoms with Crippen LogP contribution in [-0.4, -0.2) is 35.0 Å². The van der Waals surface area contributed by atoms with Crippen molar-refractivity contribution in [2.24, 2.45) is 5.92 Å². The Labute approximate surface area is 124 Å². The first-order valence-electron chi connectivity index (χ1n) is 7.42. The highest BCUT2D eigenvalue weighted by Gasteiger charge is 2.23. The largest absolute Gasteiger partial charge is 0.369 e. The zero-order valence-electron chi connectivity index (χ0n) is 12.2. The Kier molecular flexibility index (Phi) is 4.17. The minimum Gasteiger partial charge on any atom is -0.369 e. The monoisotopic (exact) mass is 290 g/mol. The second kappa shape index (κ2) is 6.06. The Hall–Kier alpha value is -1.20. The van der Waals surface area contributed by atoms with Crippen LogP contribution in [0.2, 0.25) is 0 Å². The van der Waals surface area contributed by atoms with Crippen LogP contribution in [-0.2, 0) is 6.54 Å². The van der Waals surface area contributed by atoms with Crippen LogP contribution >= 0.6 is 11.3 Å².